The van der Waals surface area contributed by atoms with Crippen LogP contribution in [0.1, 0.15) is 29.3 Å². The van der Waals surface area contributed by atoms with E-state index in [0.29, 0.717) is 25.2 Å². The molecule has 0 fully saturated rings. The summed E-state index contributed by atoms with van der Waals surface area (Å²) in [5.74, 6) is 0.0991. The molecule has 4 nitrogen and oxygen atoms in total. The minimum Gasteiger partial charge on any atom is -0.508 e. The van der Waals surface area contributed by atoms with Gasteiger partial charge in [-0.3, -0.25) is 4.79 Å². The first-order valence-electron chi connectivity index (χ1n) is 5.89. The Hall–Kier alpha value is -1.55. The van der Waals surface area contributed by atoms with Crippen molar-refractivity contribution in [3.63, 3.8) is 0 Å². The predicted molar refractivity (Wildman–Crippen MR) is 68.1 cm³/mol. The monoisotopic (exact) mass is 236 g/mol. The Balaban J connectivity index is 2.82. The molecule has 0 aromatic heterocycles. The summed E-state index contributed by atoms with van der Waals surface area (Å²) in [7, 11) is 0. The highest BCUT2D eigenvalue weighted by Crippen LogP contribution is 2.18. The van der Waals surface area contributed by atoms with Gasteiger partial charge in [0.1, 0.15) is 5.75 Å². The van der Waals surface area contributed by atoms with Gasteiger partial charge < -0.3 is 15.7 Å². The number of phenols is 1. The number of aromatic hydroxyl groups is 1. The van der Waals surface area contributed by atoms with Crippen LogP contribution < -0.4 is 5.73 Å². The first-order valence-corrected chi connectivity index (χ1v) is 5.89. The van der Waals surface area contributed by atoms with E-state index < -0.39 is 0 Å². The summed E-state index contributed by atoms with van der Waals surface area (Å²) in [4.78, 5) is 13.9. The van der Waals surface area contributed by atoms with E-state index in [2.05, 4.69) is 0 Å². The van der Waals surface area contributed by atoms with Crippen LogP contribution in [0.4, 0.5) is 0 Å². The third-order valence-electron chi connectivity index (χ3n) is 2.76. The fraction of sp³-hybridized carbons (Fsp3) is 0.462. The molecule has 0 aliphatic carbocycles. The zero-order chi connectivity index (χ0) is 12.8. The van der Waals surface area contributed by atoms with E-state index in [9.17, 15) is 9.90 Å². The SMILES string of the molecule is CCN(CCCN)C(=O)c1ccc(C)c(O)c1. The molecular weight excluding hydrogens is 216 g/mol. The molecule has 0 unspecified atom stereocenters. The molecule has 4 heteroatoms. The number of phenolic OH excluding ortho intramolecular Hbond substituents is 1. The van der Waals surface area contributed by atoms with E-state index in [1.165, 1.54) is 6.07 Å². The number of nitrogens with two attached hydrogens (primary N) is 1. The van der Waals surface area contributed by atoms with Crippen LogP contribution >= 0.6 is 0 Å². The molecule has 1 aromatic carbocycles. The minimum atomic E-state index is -0.0590. The van der Waals surface area contributed by atoms with Crippen molar-refractivity contribution in [1.82, 2.24) is 4.90 Å². The van der Waals surface area contributed by atoms with Crippen LogP contribution in [0, 0.1) is 6.92 Å². The van der Waals surface area contributed by atoms with Gasteiger partial charge in [0, 0.05) is 18.7 Å². The standard InChI is InChI=1S/C13H20N2O2/c1-3-15(8-4-7-14)13(17)11-6-5-10(2)12(16)9-11/h5-6,9,16H,3-4,7-8,14H2,1-2H3. The van der Waals surface area contributed by atoms with Gasteiger partial charge in [0.05, 0.1) is 0 Å². The Morgan fingerprint density at radius 1 is 1.47 bits per heavy atom. The van der Waals surface area contributed by atoms with Crippen LogP contribution in [0.15, 0.2) is 18.2 Å². The second-order valence-electron chi connectivity index (χ2n) is 4.03. The molecule has 0 saturated heterocycles. The van der Waals surface area contributed by atoms with Crippen LogP contribution in [0.5, 0.6) is 5.75 Å². The average molecular weight is 236 g/mol. The number of rotatable bonds is 5. The van der Waals surface area contributed by atoms with Gasteiger partial charge in [-0.15, -0.1) is 0 Å². The molecule has 0 spiro atoms. The number of carbonyl (C=O) groups is 1. The lowest BCUT2D eigenvalue weighted by Gasteiger charge is -2.20. The summed E-state index contributed by atoms with van der Waals surface area (Å²) in [6.45, 7) is 5.61. The normalized spacial score (nSPS) is 10.3. The molecule has 1 amide bonds. The van der Waals surface area contributed by atoms with Gasteiger partial charge in [0.25, 0.3) is 5.91 Å². The number of aryl methyl sites for hydroxylation is 1. The van der Waals surface area contributed by atoms with E-state index in [4.69, 9.17) is 5.73 Å². The highest BCUT2D eigenvalue weighted by atomic mass is 16.3. The molecule has 0 radical (unpaired) electrons. The summed E-state index contributed by atoms with van der Waals surface area (Å²) in [5, 5.41) is 9.59. The third kappa shape index (κ3) is 3.46. The zero-order valence-electron chi connectivity index (χ0n) is 10.4. The van der Waals surface area contributed by atoms with E-state index >= 15 is 0 Å². The van der Waals surface area contributed by atoms with E-state index in [-0.39, 0.29) is 11.7 Å². The maximum absolute atomic E-state index is 12.1. The molecule has 0 heterocycles. The second-order valence-corrected chi connectivity index (χ2v) is 4.03. The quantitative estimate of drug-likeness (QED) is 0.814. The molecule has 17 heavy (non-hydrogen) atoms. The number of benzene rings is 1. The smallest absolute Gasteiger partial charge is 0.253 e. The van der Waals surface area contributed by atoms with E-state index in [1.807, 2.05) is 6.92 Å². The van der Waals surface area contributed by atoms with Crippen LogP contribution in [-0.4, -0.2) is 35.5 Å². The van der Waals surface area contributed by atoms with Crippen molar-refractivity contribution in [2.24, 2.45) is 5.73 Å². The van der Waals surface area contributed by atoms with Crippen molar-refractivity contribution in [2.45, 2.75) is 20.3 Å². The fourth-order valence-corrected chi connectivity index (χ4v) is 1.61. The number of amides is 1. The van der Waals surface area contributed by atoms with Gasteiger partial charge in [-0.25, -0.2) is 0 Å². The summed E-state index contributed by atoms with van der Waals surface area (Å²) in [6.07, 6.45) is 0.789. The van der Waals surface area contributed by atoms with Crippen molar-refractivity contribution < 1.29 is 9.90 Å². The van der Waals surface area contributed by atoms with Crippen molar-refractivity contribution >= 4 is 5.91 Å². The van der Waals surface area contributed by atoms with Gasteiger partial charge in [-0.2, -0.15) is 0 Å². The van der Waals surface area contributed by atoms with Gasteiger partial charge in [0.15, 0.2) is 0 Å². The number of hydrogen-bond acceptors (Lipinski definition) is 3. The Labute approximate surface area is 102 Å². The summed E-state index contributed by atoms with van der Waals surface area (Å²) in [6, 6.07) is 5.00. The molecule has 3 N–H and O–H groups in total. The van der Waals surface area contributed by atoms with E-state index in [1.54, 1.807) is 24.0 Å². The fourth-order valence-electron chi connectivity index (χ4n) is 1.61. The number of carbonyl (C=O) groups excluding carboxylic acids is 1. The van der Waals surface area contributed by atoms with Gasteiger partial charge in [0.2, 0.25) is 0 Å². The van der Waals surface area contributed by atoms with Gasteiger partial charge >= 0.3 is 0 Å². The summed E-state index contributed by atoms with van der Waals surface area (Å²) in [5.41, 5.74) is 6.73. The van der Waals surface area contributed by atoms with Crippen LogP contribution in [0.2, 0.25) is 0 Å². The zero-order valence-corrected chi connectivity index (χ0v) is 10.4. The molecule has 0 atom stereocenters. The van der Waals surface area contributed by atoms with Crippen LogP contribution in [-0.2, 0) is 0 Å². The topological polar surface area (TPSA) is 66.6 Å². The lowest BCUT2D eigenvalue weighted by molar-refractivity contribution is 0.0763. The van der Waals surface area contributed by atoms with Gasteiger partial charge in [-0.1, -0.05) is 6.07 Å². The van der Waals surface area contributed by atoms with Crippen LogP contribution in [0.25, 0.3) is 0 Å². The number of hydrogen-bond donors (Lipinski definition) is 2. The van der Waals surface area contributed by atoms with Crippen LogP contribution in [0.3, 0.4) is 0 Å². The highest BCUT2D eigenvalue weighted by molar-refractivity contribution is 5.94. The first-order chi connectivity index (χ1) is 8.10. The lowest BCUT2D eigenvalue weighted by Crippen LogP contribution is -2.32. The lowest BCUT2D eigenvalue weighted by atomic mass is 10.1. The molecule has 0 aliphatic heterocycles. The molecular formula is C13H20N2O2. The molecule has 1 aromatic rings. The third-order valence-corrected chi connectivity index (χ3v) is 2.76. The molecule has 0 bridgehead atoms. The second kappa shape index (κ2) is 6.25. The van der Waals surface area contributed by atoms with Crippen molar-refractivity contribution in [3.05, 3.63) is 29.3 Å². The molecule has 94 valence electrons. The molecule has 0 aliphatic rings. The Morgan fingerprint density at radius 3 is 2.71 bits per heavy atom. The Bertz CT molecular complexity index is 391. The maximum Gasteiger partial charge on any atom is 0.253 e. The average Bonchev–Trinajstić information content (AvgIpc) is 2.33. The summed E-state index contributed by atoms with van der Waals surface area (Å²) < 4.78 is 0. The Morgan fingerprint density at radius 2 is 2.18 bits per heavy atom. The molecule has 1 rings (SSSR count). The largest absolute Gasteiger partial charge is 0.508 e. The number of nitrogens with zero attached hydrogens (tertiary/aromatic N) is 1. The van der Waals surface area contributed by atoms with Gasteiger partial charge in [-0.05, 0) is 44.5 Å². The Kier molecular flexibility index (Phi) is 4.97. The first kappa shape index (κ1) is 13.5. The van der Waals surface area contributed by atoms with E-state index in [0.717, 1.165) is 12.0 Å². The maximum atomic E-state index is 12.1. The minimum absolute atomic E-state index is 0.0590. The van der Waals surface area contributed by atoms with Crippen molar-refractivity contribution in [3.8, 4) is 5.75 Å². The highest BCUT2D eigenvalue weighted by Gasteiger charge is 2.14. The summed E-state index contributed by atoms with van der Waals surface area (Å²) >= 11 is 0. The predicted octanol–water partition coefficient (Wildman–Crippen LogP) is 1.51. The molecule has 0 saturated carbocycles. The van der Waals surface area contributed by atoms with Crippen molar-refractivity contribution in [2.75, 3.05) is 19.6 Å². The van der Waals surface area contributed by atoms with Crippen molar-refractivity contribution in [1.29, 1.82) is 0 Å².